The van der Waals surface area contributed by atoms with Gasteiger partial charge in [0, 0.05) is 30.1 Å². The van der Waals surface area contributed by atoms with Crippen molar-refractivity contribution in [2.75, 3.05) is 11.0 Å². The van der Waals surface area contributed by atoms with Gasteiger partial charge in [-0.25, -0.2) is 13.4 Å². The van der Waals surface area contributed by atoms with Crippen molar-refractivity contribution in [2.45, 2.75) is 13.8 Å². The van der Waals surface area contributed by atoms with E-state index in [0.29, 0.717) is 34.0 Å². The zero-order valence-electron chi connectivity index (χ0n) is 20.0. The number of anilines is 1. The van der Waals surface area contributed by atoms with Gasteiger partial charge in [-0.05, 0) is 49.7 Å². The second-order valence-electron chi connectivity index (χ2n) is 8.49. The summed E-state index contributed by atoms with van der Waals surface area (Å²) in [5.41, 5.74) is 4.38. The van der Waals surface area contributed by atoms with Crippen LogP contribution in [0.3, 0.4) is 0 Å². The predicted octanol–water partition coefficient (Wildman–Crippen LogP) is 4.14. The molecule has 5 aromatic rings. The van der Waals surface area contributed by atoms with Crippen LogP contribution in [0.5, 0.6) is 11.5 Å². The zero-order valence-corrected chi connectivity index (χ0v) is 20.8. The number of nitrogens with one attached hydrogen (secondary N) is 1. The summed E-state index contributed by atoms with van der Waals surface area (Å²) in [5.74, 6) is 1.77. The Morgan fingerprint density at radius 3 is 2.50 bits per heavy atom. The van der Waals surface area contributed by atoms with E-state index in [-0.39, 0.29) is 5.56 Å². The Kier molecular flexibility index (Phi) is 5.64. The van der Waals surface area contributed by atoms with Gasteiger partial charge in [-0.1, -0.05) is 17.3 Å². The highest BCUT2D eigenvalue weighted by atomic mass is 32.2. The van der Waals surface area contributed by atoms with Crippen molar-refractivity contribution >= 4 is 21.2 Å². The normalized spacial score (nSPS) is 11.7. The fraction of sp³-hybridized carbons (Fsp3) is 0.160. The van der Waals surface area contributed by atoms with Gasteiger partial charge in [0.15, 0.2) is 0 Å². The molecule has 2 aromatic carbocycles. The lowest BCUT2D eigenvalue weighted by Crippen LogP contribution is -2.19. The number of aromatic nitrogens is 4. The summed E-state index contributed by atoms with van der Waals surface area (Å²) in [4.78, 5) is 16.7. The third-order valence-electron chi connectivity index (χ3n) is 5.72. The Hall–Kier alpha value is -4.38. The standard InChI is InChI=1S/C25H23N5O5S/c1-15-24(16(2)35-27-15)17-5-8-19(9-6-17)34-23-10-7-18(28-36(4,32)33)11-20(23)22-13-29(3)25(31)21-12-26-14-30(21)22/h5-14,28H,1-4H3. The minimum absolute atomic E-state index is 0.209. The van der Waals surface area contributed by atoms with Gasteiger partial charge in [0.1, 0.15) is 22.8 Å². The predicted molar refractivity (Wildman–Crippen MR) is 136 cm³/mol. The highest BCUT2D eigenvalue weighted by molar-refractivity contribution is 7.92. The Morgan fingerprint density at radius 1 is 1.08 bits per heavy atom. The number of aryl methyl sites for hydroxylation is 3. The minimum Gasteiger partial charge on any atom is -0.457 e. The van der Waals surface area contributed by atoms with Crippen LogP contribution < -0.4 is 15.0 Å². The average Bonchev–Trinajstić information content (AvgIpc) is 3.44. The van der Waals surface area contributed by atoms with Crippen LogP contribution in [0, 0.1) is 13.8 Å². The Morgan fingerprint density at radius 2 is 1.83 bits per heavy atom. The molecule has 0 unspecified atom stereocenters. The topological polar surface area (TPSA) is 121 Å². The van der Waals surface area contributed by atoms with Crippen LogP contribution in [0.1, 0.15) is 11.5 Å². The van der Waals surface area contributed by atoms with E-state index in [1.54, 1.807) is 35.8 Å². The van der Waals surface area contributed by atoms with Crippen molar-refractivity contribution in [3.8, 4) is 33.9 Å². The lowest BCUT2D eigenvalue weighted by molar-refractivity contribution is 0.393. The molecule has 3 aromatic heterocycles. The lowest BCUT2D eigenvalue weighted by atomic mass is 10.0. The van der Waals surface area contributed by atoms with Crippen molar-refractivity contribution in [1.29, 1.82) is 0 Å². The largest absolute Gasteiger partial charge is 0.457 e. The van der Waals surface area contributed by atoms with Gasteiger partial charge < -0.3 is 13.8 Å². The Balaban J connectivity index is 1.60. The number of hydrogen-bond donors (Lipinski definition) is 1. The first-order valence-corrected chi connectivity index (χ1v) is 12.8. The molecule has 36 heavy (non-hydrogen) atoms. The molecule has 5 rings (SSSR count). The number of hydrogen-bond acceptors (Lipinski definition) is 7. The van der Waals surface area contributed by atoms with E-state index in [0.717, 1.165) is 28.8 Å². The molecular formula is C25H23N5O5S. The number of fused-ring (bicyclic) bond motifs is 1. The molecular weight excluding hydrogens is 482 g/mol. The second kappa shape index (κ2) is 8.68. The van der Waals surface area contributed by atoms with Gasteiger partial charge >= 0.3 is 0 Å². The summed E-state index contributed by atoms with van der Waals surface area (Å²) >= 11 is 0. The number of imidazole rings is 1. The molecule has 0 spiro atoms. The smallest absolute Gasteiger partial charge is 0.276 e. The van der Waals surface area contributed by atoms with Crippen LogP contribution in [0.25, 0.3) is 27.9 Å². The Labute approximate surface area is 206 Å². The van der Waals surface area contributed by atoms with E-state index < -0.39 is 10.0 Å². The molecule has 0 aliphatic rings. The monoisotopic (exact) mass is 505 g/mol. The molecule has 0 atom stereocenters. The minimum atomic E-state index is -3.51. The van der Waals surface area contributed by atoms with E-state index in [1.807, 2.05) is 38.1 Å². The highest BCUT2D eigenvalue weighted by Crippen LogP contribution is 2.37. The van der Waals surface area contributed by atoms with Gasteiger partial charge in [-0.2, -0.15) is 0 Å². The van der Waals surface area contributed by atoms with Gasteiger partial charge in [-0.3, -0.25) is 13.9 Å². The number of rotatable bonds is 6. The number of benzene rings is 2. The van der Waals surface area contributed by atoms with E-state index in [9.17, 15) is 13.2 Å². The summed E-state index contributed by atoms with van der Waals surface area (Å²) in [6.07, 6.45) is 5.76. The summed E-state index contributed by atoms with van der Waals surface area (Å²) in [6, 6.07) is 12.5. The molecule has 11 heteroatoms. The molecule has 1 N–H and O–H groups in total. The van der Waals surface area contributed by atoms with E-state index in [1.165, 1.54) is 17.1 Å². The summed E-state index contributed by atoms with van der Waals surface area (Å²) < 4.78 is 40.8. The highest BCUT2D eigenvalue weighted by Gasteiger charge is 2.17. The molecule has 0 aliphatic heterocycles. The summed E-state index contributed by atoms with van der Waals surface area (Å²) in [6.45, 7) is 3.75. The van der Waals surface area contributed by atoms with Crippen molar-refractivity contribution < 1.29 is 17.7 Å². The maximum atomic E-state index is 12.5. The number of nitrogens with zero attached hydrogens (tertiary/aromatic N) is 4. The Bertz CT molecular complexity index is 1750. The number of sulfonamides is 1. The molecule has 0 saturated carbocycles. The zero-order chi connectivity index (χ0) is 25.6. The van der Waals surface area contributed by atoms with E-state index in [2.05, 4.69) is 14.9 Å². The molecule has 184 valence electrons. The maximum Gasteiger partial charge on any atom is 0.276 e. The SMILES string of the molecule is Cc1noc(C)c1-c1ccc(Oc2ccc(NS(C)(=O)=O)cc2-c2cn(C)c(=O)c3cncn23)cc1. The molecule has 0 fully saturated rings. The van der Waals surface area contributed by atoms with Gasteiger partial charge in [0.25, 0.3) is 5.56 Å². The number of ether oxygens (including phenoxy) is 1. The first kappa shape index (κ1) is 23.4. The van der Waals surface area contributed by atoms with Crippen molar-refractivity contribution in [2.24, 2.45) is 7.05 Å². The lowest BCUT2D eigenvalue weighted by Gasteiger charge is -2.16. The first-order valence-electron chi connectivity index (χ1n) is 11.0. The fourth-order valence-electron chi connectivity index (χ4n) is 4.14. The molecule has 0 aliphatic carbocycles. The third kappa shape index (κ3) is 4.36. The van der Waals surface area contributed by atoms with Crippen LogP contribution >= 0.6 is 0 Å². The molecule has 0 bridgehead atoms. The summed E-state index contributed by atoms with van der Waals surface area (Å²) in [5, 5.41) is 4.01. The second-order valence-corrected chi connectivity index (χ2v) is 10.2. The quantitative estimate of drug-likeness (QED) is 0.368. The molecule has 0 saturated heterocycles. The van der Waals surface area contributed by atoms with Crippen LogP contribution in [0.2, 0.25) is 0 Å². The summed E-state index contributed by atoms with van der Waals surface area (Å²) in [7, 11) is -1.86. The van der Waals surface area contributed by atoms with Crippen molar-refractivity contribution in [1.82, 2.24) is 19.1 Å². The molecule has 3 heterocycles. The van der Waals surface area contributed by atoms with Crippen LogP contribution in [0.4, 0.5) is 5.69 Å². The van der Waals surface area contributed by atoms with Crippen LogP contribution in [0.15, 0.2) is 70.5 Å². The van der Waals surface area contributed by atoms with Crippen LogP contribution in [-0.2, 0) is 17.1 Å². The van der Waals surface area contributed by atoms with Gasteiger partial charge in [-0.15, -0.1) is 0 Å². The molecule has 0 amide bonds. The first-order chi connectivity index (χ1) is 17.1. The fourth-order valence-corrected chi connectivity index (χ4v) is 4.69. The maximum absolute atomic E-state index is 12.5. The van der Waals surface area contributed by atoms with Crippen LogP contribution in [-0.4, -0.2) is 33.8 Å². The molecule has 10 nitrogen and oxygen atoms in total. The van der Waals surface area contributed by atoms with E-state index >= 15 is 0 Å². The van der Waals surface area contributed by atoms with Crippen molar-refractivity contribution in [3.05, 3.63) is 83.0 Å². The molecule has 0 radical (unpaired) electrons. The van der Waals surface area contributed by atoms with E-state index in [4.69, 9.17) is 9.26 Å². The van der Waals surface area contributed by atoms with Gasteiger partial charge in [0.05, 0.1) is 30.2 Å². The van der Waals surface area contributed by atoms with Gasteiger partial charge in [0.2, 0.25) is 10.0 Å². The average molecular weight is 506 g/mol. The van der Waals surface area contributed by atoms with Crippen molar-refractivity contribution in [3.63, 3.8) is 0 Å². The third-order valence-corrected chi connectivity index (χ3v) is 6.32.